The van der Waals surface area contributed by atoms with E-state index in [2.05, 4.69) is 25.6 Å². The minimum Gasteiger partial charge on any atom is -0.381 e. The van der Waals surface area contributed by atoms with E-state index in [1.807, 2.05) is 43.3 Å². The summed E-state index contributed by atoms with van der Waals surface area (Å²) in [5, 5.41) is 7.48. The fraction of sp³-hybridized carbons (Fsp3) is 0.286. The summed E-state index contributed by atoms with van der Waals surface area (Å²) in [4.78, 5) is 13.5. The molecule has 0 atom stereocenters. The van der Waals surface area contributed by atoms with Crippen molar-refractivity contribution in [3.63, 3.8) is 0 Å². The van der Waals surface area contributed by atoms with Gasteiger partial charge in [0.15, 0.2) is 0 Å². The summed E-state index contributed by atoms with van der Waals surface area (Å²) in [6, 6.07) is 11.9. The van der Waals surface area contributed by atoms with Crippen molar-refractivity contribution in [1.82, 2.24) is 15.0 Å². The molecule has 6 nitrogen and oxygen atoms in total. The summed E-state index contributed by atoms with van der Waals surface area (Å²) in [6.45, 7) is 3.57. The molecule has 0 saturated carbocycles. The molecule has 0 spiro atoms. The number of hydrogen-bond donors (Lipinski definition) is 2. The van der Waals surface area contributed by atoms with Crippen LogP contribution in [0.1, 0.15) is 18.4 Å². The van der Waals surface area contributed by atoms with Crippen LogP contribution in [0.15, 0.2) is 48.8 Å². The van der Waals surface area contributed by atoms with Crippen molar-refractivity contribution in [1.29, 1.82) is 0 Å². The number of nitrogens with zero attached hydrogens (tertiary/aromatic N) is 3. The molecule has 2 aromatic heterocycles. The number of benzene rings is 1. The van der Waals surface area contributed by atoms with E-state index in [1.165, 1.54) is 0 Å². The van der Waals surface area contributed by atoms with Gasteiger partial charge in [-0.15, -0.1) is 0 Å². The maximum atomic E-state index is 6.04. The molecular formula is C21H22ClN5O. The van der Waals surface area contributed by atoms with Crippen LogP contribution in [0.2, 0.25) is 5.02 Å². The SMILES string of the molecule is Cc1cc(Cl)ccc1Nc1cc(-c2ccnc(NC3CCOCC3)n2)ccn1. The molecule has 3 aromatic rings. The zero-order chi connectivity index (χ0) is 19.3. The van der Waals surface area contributed by atoms with Gasteiger partial charge in [-0.3, -0.25) is 0 Å². The van der Waals surface area contributed by atoms with Gasteiger partial charge in [0.1, 0.15) is 5.82 Å². The highest BCUT2D eigenvalue weighted by molar-refractivity contribution is 6.30. The van der Waals surface area contributed by atoms with E-state index in [1.54, 1.807) is 12.4 Å². The van der Waals surface area contributed by atoms with Crippen molar-refractivity contribution in [2.24, 2.45) is 0 Å². The molecule has 1 aromatic carbocycles. The fourth-order valence-corrected chi connectivity index (χ4v) is 3.40. The highest BCUT2D eigenvalue weighted by atomic mass is 35.5. The van der Waals surface area contributed by atoms with Gasteiger partial charge in [0.05, 0.1) is 5.69 Å². The molecular weight excluding hydrogens is 374 g/mol. The lowest BCUT2D eigenvalue weighted by atomic mass is 10.1. The first-order chi connectivity index (χ1) is 13.7. The number of ether oxygens (including phenoxy) is 1. The monoisotopic (exact) mass is 395 g/mol. The van der Waals surface area contributed by atoms with E-state index in [0.717, 1.165) is 59.4 Å². The second-order valence-corrected chi connectivity index (χ2v) is 7.25. The normalized spacial score (nSPS) is 14.6. The van der Waals surface area contributed by atoms with E-state index in [-0.39, 0.29) is 0 Å². The summed E-state index contributed by atoms with van der Waals surface area (Å²) in [7, 11) is 0. The Hall–Kier alpha value is -2.70. The second-order valence-electron chi connectivity index (χ2n) is 6.81. The number of halogens is 1. The molecule has 4 rings (SSSR count). The third-order valence-corrected chi connectivity index (χ3v) is 4.95. The van der Waals surface area contributed by atoms with Gasteiger partial charge in [0.25, 0.3) is 0 Å². The van der Waals surface area contributed by atoms with Crippen LogP contribution in [0.3, 0.4) is 0 Å². The fourth-order valence-electron chi connectivity index (χ4n) is 3.18. The summed E-state index contributed by atoms with van der Waals surface area (Å²) in [5.41, 5.74) is 3.85. The van der Waals surface area contributed by atoms with Crippen LogP contribution in [0, 0.1) is 6.92 Å². The zero-order valence-corrected chi connectivity index (χ0v) is 16.4. The zero-order valence-electron chi connectivity index (χ0n) is 15.7. The molecule has 2 N–H and O–H groups in total. The number of aromatic nitrogens is 3. The molecule has 0 radical (unpaired) electrons. The molecule has 1 fully saturated rings. The van der Waals surface area contributed by atoms with Gasteiger partial charge in [-0.2, -0.15) is 0 Å². The van der Waals surface area contributed by atoms with E-state index in [0.29, 0.717) is 12.0 Å². The number of pyridine rings is 1. The molecule has 0 aliphatic carbocycles. The second kappa shape index (κ2) is 8.54. The Morgan fingerprint density at radius 3 is 2.68 bits per heavy atom. The maximum Gasteiger partial charge on any atom is 0.223 e. The Labute approximate surface area is 169 Å². The van der Waals surface area contributed by atoms with Crippen molar-refractivity contribution in [3.05, 3.63) is 59.4 Å². The lowest BCUT2D eigenvalue weighted by Crippen LogP contribution is -2.28. The lowest BCUT2D eigenvalue weighted by molar-refractivity contribution is 0.0903. The molecule has 1 aliphatic rings. The maximum absolute atomic E-state index is 6.04. The molecule has 3 heterocycles. The quantitative estimate of drug-likeness (QED) is 0.644. The minimum atomic E-state index is 0.353. The standard InChI is InChI=1S/C21H22ClN5O/c1-14-12-16(22)2-3-18(14)26-20-13-15(4-8-23-20)19-5-9-24-21(27-19)25-17-6-10-28-11-7-17/h2-5,8-9,12-13,17H,6-7,10-11H2,1H3,(H,23,26)(H,24,25,27). The minimum absolute atomic E-state index is 0.353. The van der Waals surface area contributed by atoms with Crippen molar-refractivity contribution < 1.29 is 4.74 Å². The predicted octanol–water partition coefficient (Wildman–Crippen LogP) is 4.83. The molecule has 28 heavy (non-hydrogen) atoms. The number of anilines is 3. The van der Waals surface area contributed by atoms with Gasteiger partial charge in [0.2, 0.25) is 5.95 Å². The Bertz CT molecular complexity index is 959. The van der Waals surface area contributed by atoms with E-state index < -0.39 is 0 Å². The van der Waals surface area contributed by atoms with Crippen molar-refractivity contribution in [2.45, 2.75) is 25.8 Å². The van der Waals surface area contributed by atoms with Crippen molar-refractivity contribution in [3.8, 4) is 11.3 Å². The summed E-state index contributed by atoms with van der Waals surface area (Å²) >= 11 is 6.04. The molecule has 0 amide bonds. The molecule has 1 aliphatic heterocycles. The Morgan fingerprint density at radius 2 is 1.86 bits per heavy atom. The van der Waals surface area contributed by atoms with Gasteiger partial charge < -0.3 is 15.4 Å². The highest BCUT2D eigenvalue weighted by Crippen LogP contribution is 2.25. The first-order valence-corrected chi connectivity index (χ1v) is 9.72. The average molecular weight is 396 g/mol. The van der Waals surface area contributed by atoms with Gasteiger partial charge in [-0.05, 0) is 61.7 Å². The van der Waals surface area contributed by atoms with Gasteiger partial charge in [-0.25, -0.2) is 15.0 Å². The van der Waals surface area contributed by atoms with Crippen LogP contribution < -0.4 is 10.6 Å². The van der Waals surface area contributed by atoms with Crippen LogP contribution in [0.5, 0.6) is 0 Å². The Balaban J connectivity index is 1.53. The van der Waals surface area contributed by atoms with Crippen LogP contribution in [-0.4, -0.2) is 34.2 Å². The van der Waals surface area contributed by atoms with Crippen LogP contribution >= 0.6 is 11.6 Å². The van der Waals surface area contributed by atoms with Gasteiger partial charge in [-0.1, -0.05) is 11.6 Å². The summed E-state index contributed by atoms with van der Waals surface area (Å²) in [6.07, 6.45) is 5.49. The Morgan fingerprint density at radius 1 is 1.04 bits per heavy atom. The van der Waals surface area contributed by atoms with Crippen molar-refractivity contribution >= 4 is 29.1 Å². The van der Waals surface area contributed by atoms with Gasteiger partial charge in [0, 0.05) is 47.9 Å². The topological polar surface area (TPSA) is 72.0 Å². The van der Waals surface area contributed by atoms with Crippen LogP contribution in [0.25, 0.3) is 11.3 Å². The number of hydrogen-bond acceptors (Lipinski definition) is 6. The lowest BCUT2D eigenvalue weighted by Gasteiger charge is -2.23. The molecule has 144 valence electrons. The van der Waals surface area contributed by atoms with E-state index in [9.17, 15) is 0 Å². The van der Waals surface area contributed by atoms with Crippen LogP contribution in [-0.2, 0) is 4.74 Å². The average Bonchev–Trinajstić information content (AvgIpc) is 2.71. The summed E-state index contributed by atoms with van der Waals surface area (Å²) in [5.74, 6) is 1.39. The highest BCUT2D eigenvalue weighted by Gasteiger charge is 2.15. The first kappa shape index (κ1) is 18.7. The molecule has 1 saturated heterocycles. The third kappa shape index (κ3) is 4.58. The first-order valence-electron chi connectivity index (χ1n) is 9.34. The smallest absolute Gasteiger partial charge is 0.223 e. The largest absolute Gasteiger partial charge is 0.381 e. The van der Waals surface area contributed by atoms with Crippen LogP contribution in [0.4, 0.5) is 17.5 Å². The summed E-state index contributed by atoms with van der Waals surface area (Å²) < 4.78 is 5.41. The van der Waals surface area contributed by atoms with Crippen molar-refractivity contribution in [2.75, 3.05) is 23.8 Å². The molecule has 7 heteroatoms. The predicted molar refractivity (Wildman–Crippen MR) is 112 cm³/mol. The number of nitrogens with one attached hydrogen (secondary N) is 2. The van der Waals surface area contributed by atoms with E-state index >= 15 is 0 Å². The van der Waals surface area contributed by atoms with E-state index in [4.69, 9.17) is 16.3 Å². The number of aryl methyl sites for hydroxylation is 1. The third-order valence-electron chi connectivity index (χ3n) is 4.72. The molecule has 0 bridgehead atoms. The van der Waals surface area contributed by atoms with Gasteiger partial charge >= 0.3 is 0 Å². The molecule has 0 unspecified atom stereocenters. The number of rotatable bonds is 5. The Kier molecular flexibility index (Phi) is 5.69.